The quantitative estimate of drug-likeness (QED) is 0.622. The van der Waals surface area contributed by atoms with E-state index in [0.29, 0.717) is 0 Å². The molecule has 64 valence electrons. The largest absolute Gasteiger partial charge is 0.478 e. The van der Waals surface area contributed by atoms with Gasteiger partial charge in [0, 0.05) is 18.5 Å². The summed E-state index contributed by atoms with van der Waals surface area (Å²) < 4.78 is 4.78. The summed E-state index contributed by atoms with van der Waals surface area (Å²) >= 11 is 0. The van der Waals surface area contributed by atoms with E-state index in [4.69, 9.17) is 10.5 Å². The third-order valence-corrected chi connectivity index (χ3v) is 1.16. The molecular formula is C7H8N2O3. The number of aromatic nitrogens is 1. The number of pyridine rings is 1. The molecule has 0 atom stereocenters. The van der Waals surface area contributed by atoms with Crippen molar-refractivity contribution >= 4 is 5.91 Å². The summed E-state index contributed by atoms with van der Waals surface area (Å²) in [6, 6.07) is 1.30. The Labute approximate surface area is 68.2 Å². The Morgan fingerprint density at radius 1 is 1.67 bits per heavy atom. The number of primary amides is 1. The second kappa shape index (κ2) is 3.56. The van der Waals surface area contributed by atoms with Gasteiger partial charge in [-0.15, -0.1) is 0 Å². The topological polar surface area (TPSA) is 85.2 Å². The van der Waals surface area contributed by atoms with E-state index < -0.39 is 5.91 Å². The van der Waals surface area contributed by atoms with E-state index in [1.54, 1.807) is 0 Å². The molecule has 0 saturated heterocycles. The summed E-state index contributed by atoms with van der Waals surface area (Å²) in [5, 5.41) is 0. The Morgan fingerprint density at radius 3 is 3.00 bits per heavy atom. The van der Waals surface area contributed by atoms with E-state index >= 15 is 0 Å². The molecule has 0 unspecified atom stereocenters. The molecular weight excluding hydrogens is 160 g/mol. The maximum absolute atomic E-state index is 10.9. The van der Waals surface area contributed by atoms with Gasteiger partial charge in [0.2, 0.25) is 5.43 Å². The van der Waals surface area contributed by atoms with Crippen molar-refractivity contribution in [3.8, 4) is 5.75 Å². The summed E-state index contributed by atoms with van der Waals surface area (Å²) in [6.07, 6.45) is 2.84. The molecule has 0 bridgehead atoms. The second-order valence-electron chi connectivity index (χ2n) is 2.13. The highest BCUT2D eigenvalue weighted by Gasteiger charge is 1.99. The van der Waals surface area contributed by atoms with Crippen LogP contribution in [0.2, 0.25) is 0 Å². The van der Waals surface area contributed by atoms with Crippen LogP contribution in [0.4, 0.5) is 0 Å². The van der Waals surface area contributed by atoms with Crippen LogP contribution in [-0.2, 0) is 4.79 Å². The van der Waals surface area contributed by atoms with Gasteiger partial charge in [-0.25, -0.2) is 0 Å². The summed E-state index contributed by atoms with van der Waals surface area (Å²) in [4.78, 5) is 23.9. The number of amides is 1. The van der Waals surface area contributed by atoms with Crippen LogP contribution in [0.25, 0.3) is 0 Å². The number of hydrogen-bond acceptors (Lipinski definition) is 3. The van der Waals surface area contributed by atoms with Gasteiger partial charge in [0.15, 0.2) is 12.4 Å². The molecule has 0 spiro atoms. The van der Waals surface area contributed by atoms with Gasteiger partial charge in [-0.3, -0.25) is 9.59 Å². The van der Waals surface area contributed by atoms with E-state index in [1.165, 1.54) is 18.5 Å². The van der Waals surface area contributed by atoms with Crippen LogP contribution in [0.5, 0.6) is 5.75 Å². The smallest absolute Gasteiger partial charge is 0.255 e. The fourth-order valence-electron chi connectivity index (χ4n) is 0.663. The van der Waals surface area contributed by atoms with Gasteiger partial charge in [0.25, 0.3) is 5.91 Å². The predicted molar refractivity (Wildman–Crippen MR) is 41.8 cm³/mol. The Kier molecular flexibility index (Phi) is 2.47. The zero-order valence-corrected chi connectivity index (χ0v) is 6.24. The van der Waals surface area contributed by atoms with E-state index in [-0.39, 0.29) is 17.8 Å². The third kappa shape index (κ3) is 2.12. The monoisotopic (exact) mass is 168 g/mol. The zero-order valence-electron chi connectivity index (χ0n) is 6.24. The second-order valence-corrected chi connectivity index (χ2v) is 2.13. The van der Waals surface area contributed by atoms with Crippen LogP contribution in [0, 0.1) is 0 Å². The normalized spacial score (nSPS) is 9.33. The number of H-pyrrole nitrogens is 1. The van der Waals surface area contributed by atoms with E-state index in [0.717, 1.165) is 0 Å². The first-order valence-electron chi connectivity index (χ1n) is 3.28. The fraction of sp³-hybridized carbons (Fsp3) is 0.143. The average molecular weight is 168 g/mol. The molecule has 1 aromatic rings. The number of carbonyl (C=O) groups is 1. The molecule has 5 nitrogen and oxygen atoms in total. The molecule has 12 heavy (non-hydrogen) atoms. The van der Waals surface area contributed by atoms with Gasteiger partial charge in [0.05, 0.1) is 0 Å². The van der Waals surface area contributed by atoms with Crippen molar-refractivity contribution in [3.63, 3.8) is 0 Å². The Hall–Kier alpha value is -1.78. The molecule has 1 rings (SSSR count). The van der Waals surface area contributed by atoms with Crippen LogP contribution in [0.1, 0.15) is 0 Å². The predicted octanol–water partition coefficient (Wildman–Crippen LogP) is -0.761. The van der Waals surface area contributed by atoms with Gasteiger partial charge in [-0.2, -0.15) is 0 Å². The molecule has 0 saturated carbocycles. The molecule has 0 aromatic carbocycles. The molecule has 0 aliphatic heterocycles. The van der Waals surface area contributed by atoms with Crippen molar-refractivity contribution in [1.29, 1.82) is 0 Å². The lowest BCUT2D eigenvalue weighted by atomic mass is 10.4. The first-order chi connectivity index (χ1) is 5.70. The van der Waals surface area contributed by atoms with Crippen LogP contribution >= 0.6 is 0 Å². The molecule has 1 aromatic heterocycles. The van der Waals surface area contributed by atoms with Gasteiger partial charge in [0.1, 0.15) is 0 Å². The summed E-state index contributed by atoms with van der Waals surface area (Å²) in [7, 11) is 0. The van der Waals surface area contributed by atoms with Crippen molar-refractivity contribution in [1.82, 2.24) is 4.98 Å². The van der Waals surface area contributed by atoms with Crippen molar-refractivity contribution < 1.29 is 9.53 Å². The lowest BCUT2D eigenvalue weighted by molar-refractivity contribution is -0.119. The van der Waals surface area contributed by atoms with E-state index in [2.05, 4.69) is 4.98 Å². The highest BCUT2D eigenvalue weighted by Crippen LogP contribution is 1.97. The maximum atomic E-state index is 10.9. The average Bonchev–Trinajstić information content (AvgIpc) is 2.03. The molecule has 3 N–H and O–H groups in total. The Morgan fingerprint density at radius 2 is 2.42 bits per heavy atom. The molecule has 0 aliphatic rings. The van der Waals surface area contributed by atoms with Gasteiger partial charge < -0.3 is 15.5 Å². The minimum Gasteiger partial charge on any atom is -0.478 e. The number of ether oxygens (including phenoxy) is 1. The lowest BCUT2D eigenvalue weighted by Crippen LogP contribution is -2.22. The number of rotatable bonds is 3. The van der Waals surface area contributed by atoms with E-state index in [1.807, 2.05) is 0 Å². The third-order valence-electron chi connectivity index (χ3n) is 1.16. The van der Waals surface area contributed by atoms with Gasteiger partial charge >= 0.3 is 0 Å². The summed E-state index contributed by atoms with van der Waals surface area (Å²) in [5.74, 6) is -0.519. The number of nitrogens with two attached hydrogens (primary N) is 1. The van der Waals surface area contributed by atoms with Crippen molar-refractivity contribution in [2.75, 3.05) is 6.61 Å². The molecule has 1 amide bonds. The molecule has 0 aliphatic carbocycles. The zero-order chi connectivity index (χ0) is 8.97. The Bertz CT molecular complexity index is 331. The van der Waals surface area contributed by atoms with Crippen molar-refractivity contribution in [2.24, 2.45) is 5.73 Å². The number of nitrogens with one attached hydrogen (secondary N) is 1. The highest BCUT2D eigenvalue weighted by molar-refractivity contribution is 5.75. The van der Waals surface area contributed by atoms with Gasteiger partial charge in [-0.05, 0) is 0 Å². The van der Waals surface area contributed by atoms with Gasteiger partial charge in [-0.1, -0.05) is 0 Å². The lowest BCUT2D eigenvalue weighted by Gasteiger charge is -2.00. The molecule has 5 heteroatoms. The summed E-state index contributed by atoms with van der Waals surface area (Å²) in [5.41, 5.74) is 4.53. The van der Waals surface area contributed by atoms with Crippen molar-refractivity contribution in [2.45, 2.75) is 0 Å². The maximum Gasteiger partial charge on any atom is 0.255 e. The van der Waals surface area contributed by atoms with Crippen LogP contribution in [0.3, 0.4) is 0 Å². The van der Waals surface area contributed by atoms with Crippen LogP contribution in [-0.4, -0.2) is 17.5 Å². The summed E-state index contributed by atoms with van der Waals surface area (Å²) in [6.45, 7) is -0.285. The number of carbonyl (C=O) groups excluding carboxylic acids is 1. The molecule has 1 heterocycles. The number of hydrogen-bond donors (Lipinski definition) is 2. The molecule has 0 fully saturated rings. The highest BCUT2D eigenvalue weighted by atomic mass is 16.5. The van der Waals surface area contributed by atoms with Crippen molar-refractivity contribution in [3.05, 3.63) is 28.7 Å². The van der Waals surface area contributed by atoms with E-state index in [9.17, 15) is 9.59 Å². The van der Waals surface area contributed by atoms with Crippen LogP contribution < -0.4 is 15.9 Å². The minimum absolute atomic E-state index is 0.0938. The standard InChI is InChI=1S/C7H8N2O3/c8-7(11)4-12-6-3-9-2-1-5(6)10/h1-3H,4H2,(H2,8,11)(H,9,10). The van der Waals surface area contributed by atoms with Crippen LogP contribution in [0.15, 0.2) is 23.3 Å². The first kappa shape index (κ1) is 8.32. The number of aromatic amines is 1. The first-order valence-corrected chi connectivity index (χ1v) is 3.28. The molecule has 0 radical (unpaired) electrons. The fourth-order valence-corrected chi connectivity index (χ4v) is 0.663. The minimum atomic E-state index is -0.613. The Balaban J connectivity index is 2.70. The SMILES string of the molecule is NC(=O)COc1c[nH]ccc1=O.